The molecule has 2 amide bonds. The third kappa shape index (κ3) is 4.34. The van der Waals surface area contributed by atoms with Crippen LogP contribution in [0.15, 0.2) is 34.9 Å². The third-order valence-corrected chi connectivity index (χ3v) is 2.72. The Morgan fingerprint density at radius 3 is 2.57 bits per heavy atom. The van der Waals surface area contributed by atoms with Gasteiger partial charge in [-0.2, -0.15) is 0 Å². The van der Waals surface area contributed by atoms with Crippen LogP contribution >= 0.6 is 0 Å². The highest BCUT2D eigenvalue weighted by molar-refractivity contribution is 5.96. The molecule has 1 aromatic heterocycles. The molecular weight excluding hydrogens is 272 g/mol. The minimum Gasteiger partial charge on any atom is -0.399 e. The van der Waals surface area contributed by atoms with Crippen LogP contribution in [-0.2, 0) is 11.3 Å². The minimum atomic E-state index is -0.333. The van der Waals surface area contributed by atoms with Gasteiger partial charge in [0.05, 0.1) is 18.8 Å². The van der Waals surface area contributed by atoms with E-state index in [4.69, 9.17) is 10.3 Å². The molecule has 0 atom stereocenters. The van der Waals surface area contributed by atoms with Gasteiger partial charge in [-0.25, -0.2) is 0 Å². The molecule has 0 aliphatic heterocycles. The van der Waals surface area contributed by atoms with Gasteiger partial charge < -0.3 is 20.9 Å². The zero-order valence-electron chi connectivity index (χ0n) is 11.6. The van der Waals surface area contributed by atoms with Crippen LogP contribution in [0.1, 0.15) is 21.8 Å². The first kappa shape index (κ1) is 14.6. The second-order valence-electron chi connectivity index (χ2n) is 4.52. The highest BCUT2D eigenvalue weighted by Crippen LogP contribution is 2.05. The summed E-state index contributed by atoms with van der Waals surface area (Å²) in [6.45, 7) is 1.91. The van der Waals surface area contributed by atoms with Crippen LogP contribution in [0.2, 0.25) is 0 Å². The molecule has 0 radical (unpaired) electrons. The fourth-order valence-electron chi connectivity index (χ4n) is 1.64. The zero-order chi connectivity index (χ0) is 15.2. The normalized spacial score (nSPS) is 10.1. The number of aromatic nitrogens is 1. The van der Waals surface area contributed by atoms with Gasteiger partial charge in [0.1, 0.15) is 0 Å². The number of nitrogens with two attached hydrogens (primary N) is 1. The first-order chi connectivity index (χ1) is 10.0. The Labute approximate surface area is 121 Å². The molecule has 0 aliphatic rings. The topological polar surface area (TPSA) is 110 Å². The summed E-state index contributed by atoms with van der Waals surface area (Å²) in [5.41, 5.74) is 7.30. The van der Waals surface area contributed by atoms with Crippen molar-refractivity contribution in [2.45, 2.75) is 13.5 Å². The number of nitrogens with one attached hydrogen (secondary N) is 2. The van der Waals surface area contributed by atoms with E-state index in [9.17, 15) is 9.59 Å². The third-order valence-electron chi connectivity index (χ3n) is 2.72. The number of rotatable bonds is 5. The number of nitrogens with zero attached hydrogens (tertiary/aromatic N) is 1. The first-order valence-corrected chi connectivity index (χ1v) is 6.37. The summed E-state index contributed by atoms with van der Waals surface area (Å²) in [5.74, 6) is -0.0841. The maximum absolute atomic E-state index is 11.8. The molecule has 2 aromatic rings. The monoisotopic (exact) mass is 288 g/mol. The second-order valence-corrected chi connectivity index (χ2v) is 4.52. The number of anilines is 1. The van der Waals surface area contributed by atoms with Gasteiger partial charge in [0, 0.05) is 17.3 Å². The average Bonchev–Trinajstić information content (AvgIpc) is 2.89. The molecule has 110 valence electrons. The molecule has 0 spiro atoms. The first-order valence-electron chi connectivity index (χ1n) is 6.37. The molecular formula is C14H16N4O3. The number of carbonyl (C=O) groups is 2. The van der Waals surface area contributed by atoms with Crippen molar-refractivity contribution >= 4 is 17.5 Å². The fraction of sp³-hybridized carbons (Fsp3) is 0.214. The molecule has 0 aliphatic carbocycles. The molecule has 0 bridgehead atoms. The van der Waals surface area contributed by atoms with E-state index in [-0.39, 0.29) is 24.9 Å². The summed E-state index contributed by atoms with van der Waals surface area (Å²) in [7, 11) is 0. The van der Waals surface area contributed by atoms with Crippen LogP contribution in [0.4, 0.5) is 5.69 Å². The number of aryl methyl sites for hydroxylation is 1. The summed E-state index contributed by atoms with van der Waals surface area (Å²) >= 11 is 0. The van der Waals surface area contributed by atoms with E-state index < -0.39 is 0 Å². The van der Waals surface area contributed by atoms with Crippen LogP contribution < -0.4 is 16.4 Å². The molecule has 0 unspecified atom stereocenters. The fourth-order valence-corrected chi connectivity index (χ4v) is 1.64. The molecule has 7 heteroatoms. The largest absolute Gasteiger partial charge is 0.399 e. The van der Waals surface area contributed by atoms with Crippen LogP contribution in [0, 0.1) is 6.92 Å². The Balaban J connectivity index is 1.75. The lowest BCUT2D eigenvalue weighted by molar-refractivity contribution is -0.120. The molecule has 4 N–H and O–H groups in total. The van der Waals surface area contributed by atoms with Crippen LogP contribution in [-0.4, -0.2) is 23.5 Å². The lowest BCUT2D eigenvalue weighted by Gasteiger charge is -2.06. The molecule has 7 nitrogen and oxygen atoms in total. The van der Waals surface area contributed by atoms with E-state index in [2.05, 4.69) is 15.8 Å². The Kier molecular flexibility index (Phi) is 4.55. The Morgan fingerprint density at radius 2 is 1.95 bits per heavy atom. The number of nitrogen functional groups attached to an aromatic ring is 1. The Morgan fingerprint density at radius 1 is 1.24 bits per heavy atom. The van der Waals surface area contributed by atoms with Gasteiger partial charge in [-0.05, 0) is 31.2 Å². The molecule has 2 rings (SSSR count). The highest BCUT2D eigenvalue weighted by Gasteiger charge is 2.08. The number of amides is 2. The maximum Gasteiger partial charge on any atom is 0.251 e. The lowest BCUT2D eigenvalue weighted by Crippen LogP contribution is -2.36. The van der Waals surface area contributed by atoms with Crippen molar-refractivity contribution in [3.8, 4) is 0 Å². The summed E-state index contributed by atoms with van der Waals surface area (Å²) in [6, 6.07) is 8.18. The molecule has 0 fully saturated rings. The summed E-state index contributed by atoms with van der Waals surface area (Å²) in [4.78, 5) is 23.4. The van der Waals surface area contributed by atoms with Crippen LogP contribution in [0.25, 0.3) is 0 Å². The smallest absolute Gasteiger partial charge is 0.251 e. The Hall–Kier alpha value is -2.83. The molecule has 0 saturated carbocycles. The summed E-state index contributed by atoms with van der Waals surface area (Å²) in [5, 5.41) is 8.85. The van der Waals surface area contributed by atoms with Crippen molar-refractivity contribution < 1.29 is 14.1 Å². The van der Waals surface area contributed by atoms with Crippen molar-refractivity contribution in [1.82, 2.24) is 15.8 Å². The van der Waals surface area contributed by atoms with E-state index in [0.29, 0.717) is 17.0 Å². The zero-order valence-corrected chi connectivity index (χ0v) is 11.6. The van der Waals surface area contributed by atoms with Gasteiger partial charge in [-0.1, -0.05) is 5.16 Å². The molecule has 1 heterocycles. The van der Waals surface area contributed by atoms with E-state index in [0.717, 1.165) is 5.69 Å². The van der Waals surface area contributed by atoms with E-state index in [1.54, 1.807) is 37.3 Å². The van der Waals surface area contributed by atoms with E-state index >= 15 is 0 Å². The van der Waals surface area contributed by atoms with E-state index in [1.807, 2.05) is 0 Å². The molecule has 21 heavy (non-hydrogen) atoms. The highest BCUT2D eigenvalue weighted by atomic mass is 16.5. The van der Waals surface area contributed by atoms with Crippen molar-refractivity contribution in [3.05, 3.63) is 47.3 Å². The number of benzene rings is 1. The second kappa shape index (κ2) is 6.56. The van der Waals surface area contributed by atoms with Gasteiger partial charge in [0.2, 0.25) is 5.91 Å². The Bertz CT molecular complexity index is 634. The minimum absolute atomic E-state index is 0.115. The maximum atomic E-state index is 11.8. The standard InChI is InChI=1S/C14H16N4O3/c1-9-6-12(21-18-9)7-16-13(19)8-17-14(20)10-2-4-11(15)5-3-10/h2-6H,7-8,15H2,1H3,(H,16,19)(H,17,20). The predicted molar refractivity (Wildman–Crippen MR) is 76.3 cm³/mol. The predicted octanol–water partition coefficient (Wildman–Crippen LogP) is 0.611. The van der Waals surface area contributed by atoms with Crippen molar-refractivity contribution in [2.24, 2.45) is 0 Å². The lowest BCUT2D eigenvalue weighted by atomic mass is 10.2. The van der Waals surface area contributed by atoms with Crippen LogP contribution in [0.3, 0.4) is 0 Å². The number of hydrogen-bond acceptors (Lipinski definition) is 5. The summed E-state index contributed by atoms with van der Waals surface area (Å²) in [6.07, 6.45) is 0. The van der Waals surface area contributed by atoms with Crippen molar-refractivity contribution in [2.75, 3.05) is 12.3 Å². The van der Waals surface area contributed by atoms with Gasteiger partial charge in [0.15, 0.2) is 5.76 Å². The van der Waals surface area contributed by atoms with Crippen molar-refractivity contribution in [3.63, 3.8) is 0 Å². The SMILES string of the molecule is Cc1cc(CNC(=O)CNC(=O)c2ccc(N)cc2)on1. The van der Waals surface area contributed by atoms with Gasteiger partial charge in [-0.15, -0.1) is 0 Å². The molecule has 1 aromatic carbocycles. The van der Waals surface area contributed by atoms with Crippen LogP contribution in [0.5, 0.6) is 0 Å². The number of hydrogen-bond donors (Lipinski definition) is 3. The van der Waals surface area contributed by atoms with Gasteiger partial charge in [-0.3, -0.25) is 9.59 Å². The molecule has 0 saturated heterocycles. The summed E-state index contributed by atoms with van der Waals surface area (Å²) < 4.78 is 4.96. The van der Waals surface area contributed by atoms with Crippen molar-refractivity contribution in [1.29, 1.82) is 0 Å². The van der Waals surface area contributed by atoms with Gasteiger partial charge >= 0.3 is 0 Å². The van der Waals surface area contributed by atoms with Gasteiger partial charge in [0.25, 0.3) is 5.91 Å². The number of carbonyl (C=O) groups excluding carboxylic acids is 2. The average molecular weight is 288 g/mol. The van der Waals surface area contributed by atoms with E-state index in [1.165, 1.54) is 0 Å². The quantitative estimate of drug-likeness (QED) is 0.698.